The molecule has 1 rings (SSSR count). The Morgan fingerprint density at radius 3 is 2.64 bits per heavy atom. The number of rotatable bonds is 4. The van der Waals surface area contributed by atoms with Gasteiger partial charge in [-0.25, -0.2) is 0 Å². The largest absolute Gasteiger partial charge is 0.707 e. The minimum atomic E-state index is -1.78. The molecule has 0 aliphatic carbocycles. The Balaban J connectivity index is 3.02. The van der Waals surface area contributed by atoms with Crippen molar-refractivity contribution in [3.8, 4) is 5.75 Å². The van der Waals surface area contributed by atoms with Gasteiger partial charge in [-0.1, -0.05) is 19.1 Å². The van der Waals surface area contributed by atoms with Crippen LogP contribution in [0.2, 0.25) is 0 Å². The molecular formula is C9H14BNO3. The fourth-order valence-corrected chi connectivity index (χ4v) is 1.43. The summed E-state index contributed by atoms with van der Waals surface area (Å²) in [6.45, 7) is 2.38. The van der Waals surface area contributed by atoms with Crippen LogP contribution in [0.15, 0.2) is 18.2 Å². The van der Waals surface area contributed by atoms with E-state index in [-0.39, 0.29) is 0 Å². The monoisotopic (exact) mass is 195 g/mol. The van der Waals surface area contributed by atoms with E-state index >= 15 is 0 Å². The van der Waals surface area contributed by atoms with Crippen LogP contribution >= 0.6 is 0 Å². The van der Waals surface area contributed by atoms with Gasteiger partial charge in [-0.2, -0.15) is 0 Å². The molecule has 0 spiro atoms. The zero-order valence-corrected chi connectivity index (χ0v) is 8.10. The summed E-state index contributed by atoms with van der Waals surface area (Å²) in [6.07, 6.45) is 0.745. The summed E-state index contributed by atoms with van der Waals surface area (Å²) >= 11 is 0. The van der Waals surface area contributed by atoms with Gasteiger partial charge in [-0.05, 0) is 23.6 Å². The number of hydrogen-bond acceptors (Lipinski definition) is 4. The topological polar surface area (TPSA) is 75.7 Å². The van der Waals surface area contributed by atoms with Crippen molar-refractivity contribution in [3.05, 3.63) is 29.3 Å². The maximum absolute atomic E-state index is 8.69. The van der Waals surface area contributed by atoms with Gasteiger partial charge >= 0.3 is 7.32 Å². The lowest BCUT2D eigenvalue weighted by molar-refractivity contribution is 0.287. The summed E-state index contributed by atoms with van der Waals surface area (Å²) in [5.74, 6) is 0.477. The van der Waals surface area contributed by atoms with Gasteiger partial charge in [0.2, 0.25) is 0 Å². The fraction of sp³-hybridized carbons (Fsp3) is 0.333. The molecule has 0 fully saturated rings. The van der Waals surface area contributed by atoms with E-state index in [0.717, 1.165) is 17.5 Å². The minimum absolute atomic E-state index is 0.419. The van der Waals surface area contributed by atoms with Gasteiger partial charge in [0, 0.05) is 6.54 Å². The minimum Gasteiger partial charge on any atom is -0.512 e. The molecule has 76 valence electrons. The first-order chi connectivity index (χ1) is 6.69. The van der Waals surface area contributed by atoms with Gasteiger partial charge < -0.3 is 20.4 Å². The molecule has 0 bridgehead atoms. The van der Waals surface area contributed by atoms with Crippen LogP contribution in [0.4, 0.5) is 0 Å². The standard InChI is InChI=1S/C9H14BNO3/c1-2-8-7(6-11)4-3-5-9(8)14-10(12)13/h3-5,12-13H,2,6,11H2,1H3. The van der Waals surface area contributed by atoms with Gasteiger partial charge in [0.1, 0.15) is 5.75 Å². The third kappa shape index (κ3) is 2.48. The molecule has 0 saturated heterocycles. The van der Waals surface area contributed by atoms with Crippen LogP contribution in [0, 0.1) is 0 Å². The highest BCUT2D eigenvalue weighted by Gasteiger charge is 2.14. The number of nitrogens with two attached hydrogens (primary N) is 1. The number of benzene rings is 1. The lowest BCUT2D eigenvalue weighted by atomic mass is 10.0. The third-order valence-corrected chi connectivity index (χ3v) is 2.04. The van der Waals surface area contributed by atoms with Crippen molar-refractivity contribution in [1.29, 1.82) is 0 Å². The van der Waals surface area contributed by atoms with Crippen molar-refractivity contribution < 1.29 is 14.7 Å². The van der Waals surface area contributed by atoms with Crippen LogP contribution in [-0.2, 0) is 13.0 Å². The molecule has 4 nitrogen and oxygen atoms in total. The predicted molar refractivity (Wildman–Crippen MR) is 54.5 cm³/mol. The Hall–Kier alpha value is -1.04. The third-order valence-electron chi connectivity index (χ3n) is 2.04. The fourth-order valence-electron chi connectivity index (χ4n) is 1.43. The van der Waals surface area contributed by atoms with E-state index in [1.807, 2.05) is 13.0 Å². The molecule has 0 radical (unpaired) electrons. The van der Waals surface area contributed by atoms with Crippen LogP contribution in [0.5, 0.6) is 5.75 Å². The van der Waals surface area contributed by atoms with Crippen LogP contribution < -0.4 is 10.4 Å². The molecule has 1 aromatic rings. The Kier molecular flexibility index (Phi) is 3.94. The average Bonchev–Trinajstić information content (AvgIpc) is 2.16. The molecule has 14 heavy (non-hydrogen) atoms. The molecule has 0 aliphatic rings. The van der Waals surface area contributed by atoms with Crippen LogP contribution in [0.3, 0.4) is 0 Å². The highest BCUT2D eigenvalue weighted by molar-refractivity contribution is 6.33. The van der Waals surface area contributed by atoms with E-state index < -0.39 is 7.32 Å². The summed E-state index contributed by atoms with van der Waals surface area (Å²) in [4.78, 5) is 0. The highest BCUT2D eigenvalue weighted by Crippen LogP contribution is 2.22. The van der Waals surface area contributed by atoms with Crippen LogP contribution in [-0.4, -0.2) is 17.4 Å². The summed E-state index contributed by atoms with van der Waals surface area (Å²) in [5.41, 5.74) is 7.43. The second kappa shape index (κ2) is 5.00. The first kappa shape index (κ1) is 11.0. The Bertz CT molecular complexity index is 304. The Morgan fingerprint density at radius 1 is 1.43 bits per heavy atom. The van der Waals surface area contributed by atoms with Crippen LogP contribution in [0.1, 0.15) is 18.1 Å². The average molecular weight is 195 g/mol. The van der Waals surface area contributed by atoms with E-state index in [2.05, 4.69) is 0 Å². The summed E-state index contributed by atoms with van der Waals surface area (Å²) < 4.78 is 4.83. The van der Waals surface area contributed by atoms with E-state index in [0.29, 0.717) is 12.3 Å². The SMILES string of the molecule is CCc1c(CN)cccc1OB(O)O. The van der Waals surface area contributed by atoms with Crippen molar-refractivity contribution in [3.63, 3.8) is 0 Å². The van der Waals surface area contributed by atoms with Crippen molar-refractivity contribution in [2.45, 2.75) is 19.9 Å². The van der Waals surface area contributed by atoms with Gasteiger partial charge in [0.05, 0.1) is 0 Å². The zero-order valence-electron chi connectivity index (χ0n) is 8.10. The first-order valence-electron chi connectivity index (χ1n) is 4.52. The lowest BCUT2D eigenvalue weighted by Crippen LogP contribution is -2.21. The predicted octanol–water partition coefficient (Wildman–Crippen LogP) is 0.0560. The summed E-state index contributed by atoms with van der Waals surface area (Å²) in [7, 11) is -1.78. The molecule has 4 N–H and O–H groups in total. The quantitative estimate of drug-likeness (QED) is 0.593. The maximum Gasteiger partial charge on any atom is 0.707 e. The van der Waals surface area contributed by atoms with Crippen molar-refractivity contribution >= 4 is 7.32 Å². The van der Waals surface area contributed by atoms with Crippen LogP contribution in [0.25, 0.3) is 0 Å². The smallest absolute Gasteiger partial charge is 0.512 e. The van der Waals surface area contributed by atoms with Crippen molar-refractivity contribution in [1.82, 2.24) is 0 Å². The maximum atomic E-state index is 8.69. The van der Waals surface area contributed by atoms with Crippen molar-refractivity contribution in [2.75, 3.05) is 0 Å². The Labute approximate surface area is 83.5 Å². The second-order valence-electron chi connectivity index (χ2n) is 2.90. The molecule has 0 heterocycles. The van der Waals surface area contributed by atoms with E-state index in [1.165, 1.54) is 0 Å². The molecule has 0 aliphatic heterocycles. The van der Waals surface area contributed by atoms with Crippen molar-refractivity contribution in [2.24, 2.45) is 5.73 Å². The van der Waals surface area contributed by atoms with Gasteiger partial charge in [0.15, 0.2) is 0 Å². The van der Waals surface area contributed by atoms with Gasteiger partial charge in [0.25, 0.3) is 0 Å². The van der Waals surface area contributed by atoms with E-state index in [9.17, 15) is 0 Å². The normalized spacial score (nSPS) is 10.0. The van der Waals surface area contributed by atoms with Gasteiger partial charge in [-0.15, -0.1) is 0 Å². The zero-order chi connectivity index (χ0) is 10.6. The lowest BCUT2D eigenvalue weighted by Gasteiger charge is -2.12. The molecule has 0 unspecified atom stereocenters. The van der Waals surface area contributed by atoms with Gasteiger partial charge in [-0.3, -0.25) is 0 Å². The molecule has 0 aromatic heterocycles. The highest BCUT2D eigenvalue weighted by atomic mass is 16.6. The molecule has 5 heteroatoms. The molecule has 1 aromatic carbocycles. The molecule has 0 saturated carbocycles. The number of hydrogen-bond donors (Lipinski definition) is 3. The first-order valence-corrected chi connectivity index (χ1v) is 4.52. The molecular weight excluding hydrogens is 181 g/mol. The summed E-state index contributed by atoms with van der Waals surface area (Å²) in [5, 5.41) is 17.4. The second-order valence-corrected chi connectivity index (χ2v) is 2.90. The molecule has 0 amide bonds. The molecule has 0 atom stereocenters. The van der Waals surface area contributed by atoms with E-state index in [4.69, 9.17) is 20.4 Å². The Morgan fingerprint density at radius 2 is 2.14 bits per heavy atom. The van der Waals surface area contributed by atoms with E-state index in [1.54, 1.807) is 12.1 Å². The summed E-state index contributed by atoms with van der Waals surface area (Å²) in [6, 6.07) is 5.37.